The molecule has 0 bridgehead atoms. The predicted molar refractivity (Wildman–Crippen MR) is 121 cm³/mol. The number of carbonyl (C=O) groups excluding carboxylic acids is 1. The number of likely N-dealkylation sites (tertiary alicyclic amines) is 1. The van der Waals surface area contributed by atoms with E-state index in [1.54, 1.807) is 0 Å². The van der Waals surface area contributed by atoms with E-state index in [4.69, 9.17) is 9.31 Å². The van der Waals surface area contributed by atoms with Crippen LogP contribution in [0.3, 0.4) is 0 Å². The molecule has 1 atom stereocenters. The van der Waals surface area contributed by atoms with Gasteiger partial charge in [0.05, 0.1) is 11.2 Å². The standard InChI is InChI=1S/C25H30BNO3/c1-23(2)24(3,4)30-26(29-23)17-25(20-14-10-7-11-15-20)18-27(5)22(28)21(25)16-19-12-8-6-9-13-19/h6-16H,17-18H2,1-5H3/b21-16+/t25-/m0/s1. The first kappa shape index (κ1) is 20.9. The van der Waals surface area contributed by atoms with Gasteiger partial charge in [-0.05, 0) is 51.2 Å². The van der Waals surface area contributed by atoms with E-state index in [1.807, 2.05) is 66.6 Å². The van der Waals surface area contributed by atoms with Crippen molar-refractivity contribution in [1.82, 2.24) is 4.90 Å². The number of benzene rings is 2. The van der Waals surface area contributed by atoms with Crippen molar-refractivity contribution in [2.45, 2.75) is 50.6 Å². The van der Waals surface area contributed by atoms with Gasteiger partial charge >= 0.3 is 7.12 Å². The first-order chi connectivity index (χ1) is 14.1. The van der Waals surface area contributed by atoms with E-state index in [9.17, 15) is 4.79 Å². The molecule has 0 unspecified atom stereocenters. The molecule has 156 valence electrons. The van der Waals surface area contributed by atoms with Crippen molar-refractivity contribution in [3.63, 3.8) is 0 Å². The van der Waals surface area contributed by atoms with Gasteiger partial charge in [-0.1, -0.05) is 60.7 Å². The van der Waals surface area contributed by atoms with E-state index < -0.39 is 23.7 Å². The molecular weight excluding hydrogens is 373 g/mol. The largest absolute Gasteiger partial charge is 0.459 e. The Morgan fingerprint density at radius 2 is 1.47 bits per heavy atom. The number of likely N-dealkylation sites (N-methyl/N-ethyl adjacent to an activating group) is 1. The molecule has 0 radical (unpaired) electrons. The molecule has 2 aromatic carbocycles. The van der Waals surface area contributed by atoms with Crippen molar-refractivity contribution in [3.8, 4) is 0 Å². The van der Waals surface area contributed by atoms with Crippen molar-refractivity contribution in [2.75, 3.05) is 13.6 Å². The van der Waals surface area contributed by atoms with Crippen LogP contribution in [-0.2, 0) is 19.5 Å². The molecule has 2 aliphatic rings. The van der Waals surface area contributed by atoms with E-state index in [0.29, 0.717) is 12.9 Å². The Balaban J connectivity index is 1.82. The van der Waals surface area contributed by atoms with Gasteiger partial charge in [0.15, 0.2) is 0 Å². The molecule has 2 aliphatic heterocycles. The van der Waals surface area contributed by atoms with Crippen LogP contribution in [0.1, 0.15) is 38.8 Å². The van der Waals surface area contributed by atoms with Crippen LogP contribution in [0.4, 0.5) is 0 Å². The Morgan fingerprint density at radius 3 is 2.03 bits per heavy atom. The molecular formula is C25H30BNO3. The molecule has 4 nitrogen and oxygen atoms in total. The molecule has 0 N–H and O–H groups in total. The van der Waals surface area contributed by atoms with Crippen LogP contribution in [0.2, 0.25) is 6.32 Å². The summed E-state index contributed by atoms with van der Waals surface area (Å²) >= 11 is 0. The molecule has 5 heteroatoms. The highest BCUT2D eigenvalue weighted by Gasteiger charge is 2.57. The lowest BCUT2D eigenvalue weighted by Crippen LogP contribution is -2.41. The quantitative estimate of drug-likeness (QED) is 0.555. The summed E-state index contributed by atoms with van der Waals surface area (Å²) in [6.45, 7) is 8.85. The maximum absolute atomic E-state index is 13.3. The van der Waals surface area contributed by atoms with Crippen molar-refractivity contribution in [2.24, 2.45) is 0 Å². The lowest BCUT2D eigenvalue weighted by Gasteiger charge is -2.32. The highest BCUT2D eigenvalue weighted by atomic mass is 16.7. The van der Waals surface area contributed by atoms with Crippen LogP contribution in [0, 0.1) is 0 Å². The molecule has 0 aromatic heterocycles. The summed E-state index contributed by atoms with van der Waals surface area (Å²) in [5, 5.41) is 0. The Hall–Kier alpha value is -2.37. The molecule has 0 spiro atoms. The zero-order chi connectivity index (χ0) is 21.6. The molecule has 0 saturated carbocycles. The number of carbonyl (C=O) groups is 1. The van der Waals surface area contributed by atoms with Crippen molar-refractivity contribution in [3.05, 3.63) is 77.4 Å². The van der Waals surface area contributed by atoms with Crippen LogP contribution in [-0.4, -0.2) is 42.7 Å². The monoisotopic (exact) mass is 403 g/mol. The summed E-state index contributed by atoms with van der Waals surface area (Å²) in [6, 6.07) is 20.3. The summed E-state index contributed by atoms with van der Waals surface area (Å²) < 4.78 is 12.7. The van der Waals surface area contributed by atoms with Gasteiger partial charge < -0.3 is 14.2 Å². The topological polar surface area (TPSA) is 38.8 Å². The normalized spacial score (nSPS) is 26.6. The third-order valence-electron chi connectivity index (χ3n) is 6.85. The van der Waals surface area contributed by atoms with Crippen molar-refractivity contribution >= 4 is 19.1 Å². The Bertz CT molecular complexity index is 939. The minimum absolute atomic E-state index is 0.0548. The number of hydrogen-bond donors (Lipinski definition) is 0. The van der Waals surface area contributed by atoms with Gasteiger partial charge in [-0.2, -0.15) is 0 Å². The maximum Gasteiger partial charge on any atom is 0.459 e. The van der Waals surface area contributed by atoms with Gasteiger partial charge in [-0.3, -0.25) is 4.79 Å². The summed E-state index contributed by atoms with van der Waals surface area (Å²) in [6.07, 6.45) is 2.61. The van der Waals surface area contributed by atoms with Crippen LogP contribution in [0.15, 0.2) is 66.2 Å². The molecule has 2 aromatic rings. The molecule has 30 heavy (non-hydrogen) atoms. The highest BCUT2D eigenvalue weighted by Crippen LogP contribution is 2.47. The van der Waals surface area contributed by atoms with E-state index >= 15 is 0 Å². The Morgan fingerprint density at radius 1 is 0.933 bits per heavy atom. The fraction of sp³-hybridized carbons (Fsp3) is 0.400. The predicted octanol–water partition coefficient (Wildman–Crippen LogP) is 4.57. The van der Waals surface area contributed by atoms with E-state index in [2.05, 4.69) is 39.8 Å². The van der Waals surface area contributed by atoms with Crippen LogP contribution >= 0.6 is 0 Å². The lowest BCUT2D eigenvalue weighted by molar-refractivity contribution is -0.123. The average Bonchev–Trinajstić information content (AvgIpc) is 3.06. The number of hydrogen-bond acceptors (Lipinski definition) is 3. The Labute approximate surface area is 180 Å². The summed E-state index contributed by atoms with van der Waals surface area (Å²) in [5.74, 6) is 0.0548. The minimum atomic E-state index is -0.510. The van der Waals surface area contributed by atoms with Gasteiger partial charge in [-0.25, -0.2) is 0 Å². The lowest BCUT2D eigenvalue weighted by atomic mass is 9.62. The van der Waals surface area contributed by atoms with E-state index in [0.717, 1.165) is 16.7 Å². The summed E-state index contributed by atoms with van der Waals surface area (Å²) in [5.41, 5.74) is 1.59. The van der Waals surface area contributed by atoms with Gasteiger partial charge in [-0.15, -0.1) is 0 Å². The smallest absolute Gasteiger partial charge is 0.403 e. The van der Waals surface area contributed by atoms with Crippen LogP contribution < -0.4 is 0 Å². The molecule has 2 fully saturated rings. The first-order valence-corrected chi connectivity index (χ1v) is 10.6. The summed E-state index contributed by atoms with van der Waals surface area (Å²) in [7, 11) is 1.48. The average molecular weight is 403 g/mol. The van der Waals surface area contributed by atoms with Crippen molar-refractivity contribution in [1.29, 1.82) is 0 Å². The second-order valence-corrected chi connectivity index (χ2v) is 9.47. The van der Waals surface area contributed by atoms with Gasteiger partial charge in [0.1, 0.15) is 0 Å². The third kappa shape index (κ3) is 3.50. The number of amides is 1. The molecule has 2 saturated heterocycles. The second kappa shape index (κ2) is 7.40. The summed E-state index contributed by atoms with van der Waals surface area (Å²) in [4.78, 5) is 15.1. The fourth-order valence-corrected chi connectivity index (χ4v) is 4.52. The molecule has 4 rings (SSSR count). The van der Waals surface area contributed by atoms with Crippen molar-refractivity contribution < 1.29 is 14.1 Å². The number of nitrogens with zero attached hydrogens (tertiary/aromatic N) is 1. The van der Waals surface area contributed by atoms with Crippen LogP contribution in [0.25, 0.3) is 6.08 Å². The molecule has 0 aliphatic carbocycles. The van der Waals surface area contributed by atoms with Gasteiger partial charge in [0.25, 0.3) is 5.91 Å². The zero-order valence-corrected chi connectivity index (χ0v) is 18.5. The number of rotatable bonds is 4. The maximum atomic E-state index is 13.3. The Kier molecular flexibility index (Phi) is 5.15. The van der Waals surface area contributed by atoms with Gasteiger partial charge in [0, 0.05) is 24.6 Å². The molecule has 2 heterocycles. The van der Waals surface area contributed by atoms with Crippen LogP contribution in [0.5, 0.6) is 0 Å². The fourth-order valence-electron chi connectivity index (χ4n) is 4.52. The minimum Gasteiger partial charge on any atom is -0.403 e. The first-order valence-electron chi connectivity index (χ1n) is 10.6. The third-order valence-corrected chi connectivity index (χ3v) is 6.85. The van der Waals surface area contributed by atoms with E-state index in [1.165, 1.54) is 0 Å². The highest BCUT2D eigenvalue weighted by molar-refractivity contribution is 6.46. The van der Waals surface area contributed by atoms with Gasteiger partial charge in [0.2, 0.25) is 0 Å². The second-order valence-electron chi connectivity index (χ2n) is 9.47. The van der Waals surface area contributed by atoms with E-state index in [-0.39, 0.29) is 5.91 Å². The zero-order valence-electron chi connectivity index (χ0n) is 18.5. The SMILES string of the molecule is CN1C[C@@](CB2OC(C)(C)C(C)(C)O2)(c2ccccc2)/C(=C/c2ccccc2)C1=O. The molecule has 1 amide bonds.